The molecule has 0 radical (unpaired) electrons. The first-order chi connectivity index (χ1) is 13.6. The van der Waals surface area contributed by atoms with Crippen molar-refractivity contribution in [1.29, 1.82) is 0 Å². The highest BCUT2D eigenvalue weighted by atomic mass is 35.5. The van der Waals surface area contributed by atoms with Crippen molar-refractivity contribution in [3.8, 4) is 0 Å². The summed E-state index contributed by atoms with van der Waals surface area (Å²) in [5, 5.41) is 0.654. The lowest BCUT2D eigenvalue weighted by atomic mass is 10.1. The molecule has 0 atom stereocenters. The monoisotopic (exact) mass is 397 g/mol. The van der Waals surface area contributed by atoms with Crippen LogP contribution in [0.25, 0.3) is 6.08 Å². The van der Waals surface area contributed by atoms with Gasteiger partial charge in [0.2, 0.25) is 0 Å². The fourth-order valence-electron chi connectivity index (χ4n) is 3.60. The third-order valence-corrected chi connectivity index (χ3v) is 5.49. The molecular formula is C22H24ClN3O2. The summed E-state index contributed by atoms with van der Waals surface area (Å²) in [4.78, 5) is 19.5. The van der Waals surface area contributed by atoms with Gasteiger partial charge >= 0.3 is 0 Å². The normalized spacial score (nSPS) is 19.8. The number of carbonyl (C=O) groups is 1. The van der Waals surface area contributed by atoms with Crippen LogP contribution in [0, 0.1) is 0 Å². The van der Waals surface area contributed by atoms with E-state index in [0.29, 0.717) is 23.9 Å². The molecule has 2 aromatic carbocycles. The molecule has 2 aliphatic heterocycles. The van der Waals surface area contributed by atoms with Crippen LogP contribution in [0.1, 0.15) is 5.56 Å². The highest BCUT2D eigenvalue weighted by molar-refractivity contribution is 6.30. The van der Waals surface area contributed by atoms with Crippen LogP contribution < -0.4 is 9.80 Å². The van der Waals surface area contributed by atoms with Gasteiger partial charge in [-0.05, 0) is 43.5 Å². The first-order valence-electron chi connectivity index (χ1n) is 9.56. The molecule has 2 saturated heterocycles. The van der Waals surface area contributed by atoms with Gasteiger partial charge in [-0.25, -0.2) is 0 Å². The Bertz CT molecular complexity index is 874. The van der Waals surface area contributed by atoms with Gasteiger partial charge in [0.05, 0.1) is 6.54 Å². The van der Waals surface area contributed by atoms with Gasteiger partial charge < -0.3 is 19.4 Å². The van der Waals surface area contributed by atoms with Gasteiger partial charge in [0.1, 0.15) is 6.61 Å². The lowest BCUT2D eigenvalue weighted by Crippen LogP contribution is -2.44. The van der Waals surface area contributed by atoms with Gasteiger partial charge in [-0.1, -0.05) is 29.8 Å². The van der Waals surface area contributed by atoms with E-state index >= 15 is 0 Å². The number of anilines is 2. The molecule has 0 aromatic heterocycles. The Kier molecular flexibility index (Phi) is 5.55. The minimum Gasteiger partial charge on any atom is -0.486 e. The number of piperazine rings is 1. The number of halogens is 1. The Morgan fingerprint density at radius 1 is 0.964 bits per heavy atom. The predicted molar refractivity (Wildman–Crippen MR) is 114 cm³/mol. The largest absolute Gasteiger partial charge is 0.486 e. The van der Waals surface area contributed by atoms with Crippen molar-refractivity contribution in [3.63, 3.8) is 0 Å². The lowest BCUT2D eigenvalue weighted by molar-refractivity contribution is -0.120. The SMILES string of the molecule is CN1CCN(c2ccccc2/C=C2/OCCN(c3ccc(Cl)cc3)C2=O)CC1. The molecule has 2 aromatic rings. The van der Waals surface area contributed by atoms with Crippen molar-refractivity contribution in [2.24, 2.45) is 0 Å². The number of hydrogen-bond acceptors (Lipinski definition) is 4. The predicted octanol–water partition coefficient (Wildman–Crippen LogP) is 3.50. The summed E-state index contributed by atoms with van der Waals surface area (Å²) < 4.78 is 5.75. The molecule has 2 heterocycles. The van der Waals surface area contributed by atoms with E-state index in [9.17, 15) is 4.79 Å². The average Bonchev–Trinajstić information content (AvgIpc) is 2.71. The number of morpholine rings is 1. The lowest BCUT2D eigenvalue weighted by Gasteiger charge is -2.35. The highest BCUT2D eigenvalue weighted by Gasteiger charge is 2.26. The fourth-order valence-corrected chi connectivity index (χ4v) is 3.73. The van der Waals surface area contributed by atoms with Gasteiger partial charge in [0.15, 0.2) is 5.76 Å². The van der Waals surface area contributed by atoms with Crippen LogP contribution in [0.4, 0.5) is 11.4 Å². The van der Waals surface area contributed by atoms with Crippen molar-refractivity contribution in [3.05, 3.63) is 64.9 Å². The molecule has 0 spiro atoms. The third-order valence-electron chi connectivity index (χ3n) is 5.23. The first kappa shape index (κ1) is 18.8. The van der Waals surface area contributed by atoms with Crippen molar-refractivity contribution >= 4 is 35.0 Å². The Hall–Kier alpha value is -2.50. The number of para-hydroxylation sites is 1. The number of rotatable bonds is 3. The summed E-state index contributed by atoms with van der Waals surface area (Å²) >= 11 is 5.98. The van der Waals surface area contributed by atoms with Crippen LogP contribution in [0.2, 0.25) is 5.02 Å². The van der Waals surface area contributed by atoms with E-state index in [-0.39, 0.29) is 5.91 Å². The molecule has 0 aliphatic carbocycles. The van der Waals surface area contributed by atoms with Crippen LogP contribution in [-0.4, -0.2) is 57.2 Å². The van der Waals surface area contributed by atoms with Crippen molar-refractivity contribution < 1.29 is 9.53 Å². The second-order valence-electron chi connectivity index (χ2n) is 7.14. The molecule has 1 amide bonds. The molecule has 0 N–H and O–H groups in total. The topological polar surface area (TPSA) is 36.0 Å². The number of nitrogens with zero attached hydrogens (tertiary/aromatic N) is 3. The molecule has 2 aliphatic rings. The fraction of sp³-hybridized carbons (Fsp3) is 0.318. The highest BCUT2D eigenvalue weighted by Crippen LogP contribution is 2.27. The van der Waals surface area contributed by atoms with Crippen molar-refractivity contribution in [2.75, 3.05) is 56.2 Å². The molecule has 0 bridgehead atoms. The molecule has 4 rings (SSSR count). The van der Waals surface area contributed by atoms with E-state index < -0.39 is 0 Å². The quantitative estimate of drug-likeness (QED) is 0.743. The van der Waals surface area contributed by atoms with Crippen LogP contribution in [-0.2, 0) is 9.53 Å². The molecule has 146 valence electrons. The zero-order chi connectivity index (χ0) is 19.5. The molecule has 5 nitrogen and oxygen atoms in total. The second-order valence-corrected chi connectivity index (χ2v) is 7.58. The van der Waals surface area contributed by atoms with Gasteiger partial charge in [0.25, 0.3) is 5.91 Å². The number of amides is 1. The molecule has 0 unspecified atom stereocenters. The molecule has 28 heavy (non-hydrogen) atoms. The average molecular weight is 398 g/mol. The minimum absolute atomic E-state index is 0.123. The maximum Gasteiger partial charge on any atom is 0.293 e. The summed E-state index contributed by atoms with van der Waals surface area (Å²) in [6.45, 7) is 5.01. The Morgan fingerprint density at radius 3 is 2.43 bits per heavy atom. The number of carbonyl (C=O) groups excluding carboxylic acids is 1. The molecule has 2 fully saturated rings. The summed E-state index contributed by atoms with van der Waals surface area (Å²) in [6.07, 6.45) is 1.87. The maximum atomic E-state index is 13.0. The van der Waals surface area contributed by atoms with E-state index in [0.717, 1.165) is 43.1 Å². The molecular weight excluding hydrogens is 374 g/mol. The Morgan fingerprint density at radius 2 is 1.68 bits per heavy atom. The van der Waals surface area contributed by atoms with Crippen LogP contribution in [0.3, 0.4) is 0 Å². The standard InChI is InChI=1S/C22H24ClN3O2/c1-24-10-12-25(13-11-24)20-5-3-2-4-17(20)16-21-22(27)26(14-15-28-21)19-8-6-18(23)7-9-19/h2-9,16H,10-15H2,1H3/b21-16+. The minimum atomic E-state index is -0.123. The number of hydrogen-bond donors (Lipinski definition) is 0. The maximum absolute atomic E-state index is 13.0. The third kappa shape index (κ3) is 4.01. The van der Waals surface area contributed by atoms with Gasteiger partial charge in [0, 0.05) is 48.1 Å². The van der Waals surface area contributed by atoms with E-state index in [1.807, 2.05) is 36.4 Å². The van der Waals surface area contributed by atoms with Gasteiger partial charge in [-0.3, -0.25) is 4.79 Å². The van der Waals surface area contributed by atoms with Gasteiger partial charge in [-0.2, -0.15) is 0 Å². The summed E-state index contributed by atoms with van der Waals surface area (Å²) in [5.74, 6) is 0.254. The van der Waals surface area contributed by atoms with E-state index in [2.05, 4.69) is 22.9 Å². The van der Waals surface area contributed by atoms with Crippen LogP contribution in [0.15, 0.2) is 54.3 Å². The van der Waals surface area contributed by atoms with E-state index in [1.165, 1.54) is 0 Å². The zero-order valence-electron chi connectivity index (χ0n) is 16.0. The first-order valence-corrected chi connectivity index (χ1v) is 9.94. The number of benzene rings is 2. The summed E-state index contributed by atoms with van der Waals surface area (Å²) in [7, 11) is 2.14. The van der Waals surface area contributed by atoms with Crippen molar-refractivity contribution in [1.82, 2.24) is 4.90 Å². The number of ether oxygens (including phenoxy) is 1. The van der Waals surface area contributed by atoms with Gasteiger partial charge in [-0.15, -0.1) is 0 Å². The smallest absolute Gasteiger partial charge is 0.293 e. The zero-order valence-corrected chi connectivity index (χ0v) is 16.7. The Labute approximate surface area is 170 Å². The van der Waals surface area contributed by atoms with Crippen LogP contribution in [0.5, 0.6) is 0 Å². The second kappa shape index (κ2) is 8.25. The Balaban J connectivity index is 1.60. The van der Waals surface area contributed by atoms with Crippen LogP contribution >= 0.6 is 11.6 Å². The van der Waals surface area contributed by atoms with E-state index in [4.69, 9.17) is 16.3 Å². The molecule has 0 saturated carbocycles. The summed E-state index contributed by atoms with van der Waals surface area (Å²) in [6, 6.07) is 15.5. The van der Waals surface area contributed by atoms with E-state index in [1.54, 1.807) is 17.0 Å². The summed E-state index contributed by atoms with van der Waals surface area (Å²) in [5.41, 5.74) is 2.98. The molecule has 6 heteroatoms. The number of likely N-dealkylation sites (N-methyl/N-ethyl adjacent to an activating group) is 1. The van der Waals surface area contributed by atoms with Crippen molar-refractivity contribution in [2.45, 2.75) is 0 Å².